The molecule has 162 valence electrons. The molecule has 0 aromatic heterocycles. The molecule has 0 bridgehead atoms. The lowest BCUT2D eigenvalue weighted by atomic mass is 9.68. The molecule has 32 heavy (non-hydrogen) atoms. The summed E-state index contributed by atoms with van der Waals surface area (Å²) in [5.41, 5.74) is 3.55. The van der Waals surface area contributed by atoms with Crippen molar-refractivity contribution < 1.29 is 9.72 Å². The number of benzene rings is 3. The second-order valence-electron chi connectivity index (χ2n) is 9.21. The van der Waals surface area contributed by atoms with Gasteiger partial charge in [-0.05, 0) is 34.2 Å². The summed E-state index contributed by atoms with van der Waals surface area (Å²) >= 11 is 12.8. The summed E-state index contributed by atoms with van der Waals surface area (Å²) in [4.78, 5) is 24.5. The number of hydrogen-bond donors (Lipinski definition) is 1. The van der Waals surface area contributed by atoms with Crippen LogP contribution in [-0.4, -0.2) is 10.7 Å². The van der Waals surface area contributed by atoms with Gasteiger partial charge in [0.1, 0.15) is 0 Å². The lowest BCUT2D eigenvalue weighted by molar-refractivity contribution is -0.384. The molecule has 2 aliphatic rings. The maximum Gasteiger partial charge on any atom is 0.271 e. The topological polar surface area (TPSA) is 72.2 Å². The van der Waals surface area contributed by atoms with Gasteiger partial charge in [-0.15, -0.1) is 0 Å². The first kappa shape index (κ1) is 21.0. The fraction of sp³-hybridized carbons (Fsp3) is 0.240. The highest BCUT2D eigenvalue weighted by Gasteiger charge is 2.41. The van der Waals surface area contributed by atoms with Crippen molar-refractivity contribution in [3.8, 4) is 0 Å². The Morgan fingerprint density at radius 2 is 1.84 bits per heavy atom. The number of nitro benzene ring substituents is 1. The number of halogens is 2. The maximum absolute atomic E-state index is 13.5. The largest absolute Gasteiger partial charge is 0.373 e. The number of anilines is 1. The molecule has 1 aliphatic heterocycles. The van der Waals surface area contributed by atoms with Crippen molar-refractivity contribution in [2.45, 2.75) is 32.7 Å². The van der Waals surface area contributed by atoms with Crippen LogP contribution >= 0.6 is 23.2 Å². The Bertz CT molecular complexity index is 1360. The fourth-order valence-electron chi connectivity index (χ4n) is 4.98. The molecular formula is C25H20Cl2N2O3. The average molecular weight is 467 g/mol. The van der Waals surface area contributed by atoms with Crippen molar-refractivity contribution in [2.24, 2.45) is 5.41 Å². The van der Waals surface area contributed by atoms with E-state index in [1.807, 2.05) is 24.3 Å². The van der Waals surface area contributed by atoms with Crippen LogP contribution in [0, 0.1) is 15.5 Å². The normalized spacial score (nSPS) is 19.4. The van der Waals surface area contributed by atoms with Crippen molar-refractivity contribution in [3.63, 3.8) is 0 Å². The summed E-state index contributed by atoms with van der Waals surface area (Å²) < 4.78 is 0. The van der Waals surface area contributed by atoms with Crippen molar-refractivity contribution in [2.75, 3.05) is 5.32 Å². The zero-order chi connectivity index (χ0) is 22.8. The van der Waals surface area contributed by atoms with E-state index in [2.05, 4.69) is 31.3 Å². The molecule has 1 atom stereocenters. The molecule has 1 N–H and O–H groups in total. The third-order valence-corrected chi connectivity index (χ3v) is 7.12. The van der Waals surface area contributed by atoms with Crippen LogP contribution in [0.2, 0.25) is 10.0 Å². The first-order valence-corrected chi connectivity index (χ1v) is 11.1. The van der Waals surface area contributed by atoms with Crippen LogP contribution in [0.4, 0.5) is 11.4 Å². The summed E-state index contributed by atoms with van der Waals surface area (Å²) in [7, 11) is 0. The third-order valence-electron chi connectivity index (χ3n) is 6.30. The van der Waals surface area contributed by atoms with E-state index in [9.17, 15) is 14.9 Å². The van der Waals surface area contributed by atoms with E-state index < -0.39 is 11.0 Å². The Balaban J connectivity index is 1.82. The molecule has 7 heteroatoms. The first-order valence-electron chi connectivity index (χ1n) is 10.3. The molecule has 1 heterocycles. The number of non-ortho nitro benzene ring substituents is 1. The molecule has 0 saturated heterocycles. The molecular weight excluding hydrogens is 447 g/mol. The summed E-state index contributed by atoms with van der Waals surface area (Å²) in [6, 6.07) is 14.1. The number of carbonyl (C=O) groups excluding carboxylic acids is 1. The van der Waals surface area contributed by atoms with Crippen LogP contribution < -0.4 is 5.32 Å². The number of allylic oxidation sites excluding steroid dienone is 1. The number of Topliss-reactive ketones (excluding diaryl/α,β-unsaturated/α-hetero) is 1. The zero-order valence-corrected chi connectivity index (χ0v) is 19.1. The molecule has 3 aromatic carbocycles. The second kappa shape index (κ2) is 7.32. The van der Waals surface area contributed by atoms with Gasteiger partial charge in [-0.1, -0.05) is 67.4 Å². The van der Waals surface area contributed by atoms with Gasteiger partial charge >= 0.3 is 0 Å². The van der Waals surface area contributed by atoms with E-state index in [1.54, 1.807) is 0 Å². The quantitative estimate of drug-likeness (QED) is 0.316. The first-order chi connectivity index (χ1) is 15.2. The van der Waals surface area contributed by atoms with Gasteiger partial charge in [0.25, 0.3) is 5.69 Å². The minimum absolute atomic E-state index is 0.0195. The van der Waals surface area contributed by atoms with E-state index in [4.69, 9.17) is 23.2 Å². The van der Waals surface area contributed by atoms with Gasteiger partial charge < -0.3 is 5.32 Å². The minimum Gasteiger partial charge on any atom is -0.373 e. The predicted molar refractivity (Wildman–Crippen MR) is 128 cm³/mol. The van der Waals surface area contributed by atoms with Gasteiger partial charge in [0.15, 0.2) is 5.78 Å². The summed E-state index contributed by atoms with van der Waals surface area (Å²) in [5, 5.41) is 17.4. The number of rotatable bonds is 2. The van der Waals surface area contributed by atoms with Crippen molar-refractivity contribution in [1.29, 1.82) is 0 Å². The molecule has 0 amide bonds. The number of carbonyl (C=O) groups is 1. The Morgan fingerprint density at radius 3 is 2.59 bits per heavy atom. The Labute approximate surface area is 195 Å². The van der Waals surface area contributed by atoms with E-state index in [0.717, 1.165) is 27.6 Å². The Kier molecular flexibility index (Phi) is 4.80. The second-order valence-corrected chi connectivity index (χ2v) is 9.99. The Morgan fingerprint density at radius 1 is 1.09 bits per heavy atom. The summed E-state index contributed by atoms with van der Waals surface area (Å²) in [6.45, 7) is 4.18. The number of nitro groups is 1. The number of fused-ring (bicyclic) bond motifs is 4. The third kappa shape index (κ3) is 3.28. The van der Waals surface area contributed by atoms with E-state index in [0.29, 0.717) is 24.0 Å². The molecule has 0 saturated carbocycles. The predicted octanol–water partition coefficient (Wildman–Crippen LogP) is 7.36. The van der Waals surface area contributed by atoms with Gasteiger partial charge in [0.2, 0.25) is 0 Å². The number of nitrogens with one attached hydrogen (secondary N) is 1. The number of ketones is 1. The molecule has 0 radical (unpaired) electrons. The highest BCUT2D eigenvalue weighted by Crippen LogP contribution is 2.53. The van der Waals surface area contributed by atoms with Crippen LogP contribution in [-0.2, 0) is 4.79 Å². The van der Waals surface area contributed by atoms with Crippen LogP contribution in [0.3, 0.4) is 0 Å². The van der Waals surface area contributed by atoms with Gasteiger partial charge in [0, 0.05) is 40.9 Å². The van der Waals surface area contributed by atoms with Crippen LogP contribution in [0.5, 0.6) is 0 Å². The molecule has 5 rings (SSSR count). The van der Waals surface area contributed by atoms with Crippen LogP contribution in [0.1, 0.15) is 43.9 Å². The maximum atomic E-state index is 13.5. The van der Waals surface area contributed by atoms with Gasteiger partial charge in [-0.3, -0.25) is 14.9 Å². The minimum atomic E-state index is -0.618. The summed E-state index contributed by atoms with van der Waals surface area (Å²) in [5.74, 6) is 0.0195. The summed E-state index contributed by atoms with van der Waals surface area (Å²) in [6.07, 6.45) is 1.11. The zero-order valence-electron chi connectivity index (χ0n) is 17.5. The SMILES string of the molecule is CC1(C)CC(=O)C2=C(C1)c1c(ccc3ccccc13)N[C@@H]2c1cc([N+](=O)[O-])cc(Cl)c1Cl. The van der Waals surface area contributed by atoms with E-state index in [1.165, 1.54) is 12.1 Å². The van der Waals surface area contributed by atoms with Crippen molar-refractivity contribution >= 4 is 56.7 Å². The lowest BCUT2D eigenvalue weighted by Gasteiger charge is -2.40. The van der Waals surface area contributed by atoms with E-state index in [-0.39, 0.29) is 26.9 Å². The van der Waals surface area contributed by atoms with Gasteiger partial charge in [0.05, 0.1) is 21.0 Å². The fourth-order valence-corrected chi connectivity index (χ4v) is 5.42. The van der Waals surface area contributed by atoms with Gasteiger partial charge in [-0.2, -0.15) is 0 Å². The highest BCUT2D eigenvalue weighted by molar-refractivity contribution is 6.42. The Hall–Kier alpha value is -2.89. The lowest BCUT2D eigenvalue weighted by Crippen LogP contribution is -2.33. The van der Waals surface area contributed by atoms with E-state index >= 15 is 0 Å². The highest BCUT2D eigenvalue weighted by atomic mass is 35.5. The smallest absolute Gasteiger partial charge is 0.271 e. The average Bonchev–Trinajstić information content (AvgIpc) is 2.73. The molecule has 0 fully saturated rings. The number of hydrogen-bond acceptors (Lipinski definition) is 4. The van der Waals surface area contributed by atoms with Crippen molar-refractivity contribution in [3.05, 3.63) is 85.4 Å². The monoisotopic (exact) mass is 466 g/mol. The van der Waals surface area contributed by atoms with Crippen LogP contribution in [0.15, 0.2) is 54.1 Å². The molecule has 5 nitrogen and oxygen atoms in total. The van der Waals surface area contributed by atoms with Crippen LogP contribution in [0.25, 0.3) is 16.3 Å². The molecule has 3 aromatic rings. The molecule has 1 aliphatic carbocycles. The molecule has 0 spiro atoms. The standard InChI is InChI=1S/C25H20Cl2N2O3/c1-25(2)11-17-21-15-6-4-3-5-13(15)7-8-19(21)28-24(22(17)20(30)12-25)16-9-14(29(31)32)10-18(26)23(16)27/h3-10,24,28H,11-12H2,1-2H3/t24-/m1/s1. The van der Waals surface area contributed by atoms with Gasteiger partial charge in [-0.25, -0.2) is 0 Å². The van der Waals surface area contributed by atoms with Crippen molar-refractivity contribution in [1.82, 2.24) is 0 Å². The number of nitrogens with zero attached hydrogens (tertiary/aromatic N) is 1. The molecule has 0 unspecified atom stereocenters.